The first-order chi connectivity index (χ1) is 12.4. The van der Waals surface area contributed by atoms with Crippen LogP contribution in [0.4, 0.5) is 4.39 Å². The molecule has 2 rings (SSSR count). The number of unbranched alkanes of at least 4 members (excludes halogenated alkanes) is 1. The average molecular weight is 378 g/mol. The zero-order chi connectivity index (χ0) is 19.0. The molecule has 0 aliphatic heterocycles. The summed E-state index contributed by atoms with van der Waals surface area (Å²) in [7, 11) is -3.62. The molecule has 0 heterocycles. The Kier molecular flexibility index (Phi) is 7.29. The third-order valence-electron chi connectivity index (χ3n) is 3.84. The first kappa shape index (κ1) is 20.1. The van der Waals surface area contributed by atoms with E-state index in [2.05, 4.69) is 10.0 Å². The third-order valence-corrected chi connectivity index (χ3v) is 5.30. The van der Waals surface area contributed by atoms with Gasteiger partial charge >= 0.3 is 0 Å². The fourth-order valence-corrected chi connectivity index (χ4v) is 3.46. The lowest BCUT2D eigenvalue weighted by Crippen LogP contribution is -2.27. The van der Waals surface area contributed by atoms with Crippen molar-refractivity contribution in [1.29, 1.82) is 0 Å². The summed E-state index contributed by atoms with van der Waals surface area (Å²) in [4.78, 5) is 12.3. The maximum absolute atomic E-state index is 12.9. The van der Waals surface area contributed by atoms with Crippen molar-refractivity contribution in [2.24, 2.45) is 0 Å². The van der Waals surface area contributed by atoms with Crippen LogP contribution in [-0.4, -0.2) is 27.4 Å². The normalized spacial score (nSPS) is 11.3. The summed E-state index contributed by atoms with van der Waals surface area (Å²) >= 11 is 0. The standard InChI is InChI=1S/C19H23FN2O3S/c1-2-3-12-22-26(24,25)18-6-4-5-16(14-18)19(23)21-13-11-15-7-9-17(20)10-8-15/h4-10,14,22H,2-3,11-13H2,1H3,(H,21,23). The topological polar surface area (TPSA) is 75.3 Å². The van der Waals surface area contributed by atoms with Crippen molar-refractivity contribution >= 4 is 15.9 Å². The van der Waals surface area contributed by atoms with Gasteiger partial charge in [0.2, 0.25) is 10.0 Å². The minimum absolute atomic E-state index is 0.0692. The fraction of sp³-hybridized carbons (Fsp3) is 0.316. The van der Waals surface area contributed by atoms with Crippen molar-refractivity contribution in [3.8, 4) is 0 Å². The van der Waals surface area contributed by atoms with E-state index >= 15 is 0 Å². The van der Waals surface area contributed by atoms with Gasteiger partial charge in [0, 0.05) is 18.7 Å². The van der Waals surface area contributed by atoms with Crippen molar-refractivity contribution in [2.75, 3.05) is 13.1 Å². The van der Waals surface area contributed by atoms with Gasteiger partial charge < -0.3 is 5.32 Å². The van der Waals surface area contributed by atoms with E-state index in [-0.39, 0.29) is 22.2 Å². The van der Waals surface area contributed by atoms with E-state index in [1.807, 2.05) is 6.92 Å². The smallest absolute Gasteiger partial charge is 0.251 e. The molecule has 0 saturated heterocycles. The molecule has 0 radical (unpaired) electrons. The molecule has 0 fully saturated rings. The summed E-state index contributed by atoms with van der Waals surface area (Å²) in [6.45, 7) is 2.72. The van der Waals surface area contributed by atoms with Crippen LogP contribution in [-0.2, 0) is 16.4 Å². The average Bonchev–Trinajstić information content (AvgIpc) is 2.63. The van der Waals surface area contributed by atoms with Crippen LogP contribution < -0.4 is 10.0 Å². The van der Waals surface area contributed by atoms with Crippen LogP contribution in [0.3, 0.4) is 0 Å². The number of amides is 1. The second-order valence-electron chi connectivity index (χ2n) is 5.91. The van der Waals surface area contributed by atoms with Crippen molar-refractivity contribution < 1.29 is 17.6 Å². The number of halogens is 1. The first-order valence-corrected chi connectivity index (χ1v) is 10.0. The number of carbonyl (C=O) groups is 1. The van der Waals surface area contributed by atoms with Crippen LogP contribution in [0.2, 0.25) is 0 Å². The SMILES string of the molecule is CCCCNS(=O)(=O)c1cccc(C(=O)NCCc2ccc(F)cc2)c1. The Morgan fingerprint density at radius 3 is 2.50 bits per heavy atom. The number of nitrogens with one attached hydrogen (secondary N) is 2. The van der Waals surface area contributed by atoms with Crippen LogP contribution in [0.15, 0.2) is 53.4 Å². The highest BCUT2D eigenvalue weighted by atomic mass is 32.2. The molecule has 0 aliphatic carbocycles. The predicted molar refractivity (Wildman–Crippen MR) is 99.0 cm³/mol. The van der Waals surface area contributed by atoms with Gasteiger partial charge in [-0.3, -0.25) is 4.79 Å². The molecule has 2 N–H and O–H groups in total. The van der Waals surface area contributed by atoms with E-state index in [1.54, 1.807) is 24.3 Å². The first-order valence-electron chi connectivity index (χ1n) is 8.55. The maximum atomic E-state index is 12.9. The molecular weight excluding hydrogens is 355 g/mol. The summed E-state index contributed by atoms with van der Waals surface area (Å²) in [6, 6.07) is 12.0. The molecular formula is C19H23FN2O3S. The Hall–Kier alpha value is -2.25. The van der Waals surface area contributed by atoms with Gasteiger partial charge in [-0.2, -0.15) is 0 Å². The summed E-state index contributed by atoms with van der Waals surface area (Å²) < 4.78 is 39.9. The number of benzene rings is 2. The van der Waals surface area contributed by atoms with Crippen molar-refractivity contribution in [3.05, 3.63) is 65.5 Å². The quantitative estimate of drug-likeness (QED) is 0.659. The highest BCUT2D eigenvalue weighted by molar-refractivity contribution is 7.89. The molecule has 0 aromatic heterocycles. The van der Waals surface area contributed by atoms with Gasteiger partial charge in [-0.25, -0.2) is 17.5 Å². The Balaban J connectivity index is 1.95. The molecule has 2 aromatic rings. The van der Waals surface area contributed by atoms with Gasteiger partial charge in [-0.1, -0.05) is 31.5 Å². The van der Waals surface area contributed by atoms with Gasteiger partial charge in [0.25, 0.3) is 5.91 Å². The zero-order valence-corrected chi connectivity index (χ0v) is 15.5. The molecule has 0 aliphatic rings. The number of sulfonamides is 1. The van der Waals surface area contributed by atoms with E-state index in [1.165, 1.54) is 24.3 Å². The monoisotopic (exact) mass is 378 g/mol. The van der Waals surface area contributed by atoms with E-state index in [0.717, 1.165) is 18.4 Å². The molecule has 0 saturated carbocycles. The number of hydrogen-bond donors (Lipinski definition) is 2. The van der Waals surface area contributed by atoms with Gasteiger partial charge in [0.05, 0.1) is 4.90 Å². The van der Waals surface area contributed by atoms with Crippen LogP contribution >= 0.6 is 0 Å². The molecule has 0 spiro atoms. The number of hydrogen-bond acceptors (Lipinski definition) is 3. The zero-order valence-electron chi connectivity index (χ0n) is 14.7. The minimum Gasteiger partial charge on any atom is -0.352 e. The Morgan fingerprint density at radius 1 is 1.08 bits per heavy atom. The van der Waals surface area contributed by atoms with Crippen LogP contribution in [0.5, 0.6) is 0 Å². The number of carbonyl (C=O) groups excluding carboxylic acids is 1. The second kappa shape index (κ2) is 9.45. The molecule has 140 valence electrons. The van der Waals surface area contributed by atoms with Crippen molar-refractivity contribution in [3.63, 3.8) is 0 Å². The van der Waals surface area contributed by atoms with E-state index in [9.17, 15) is 17.6 Å². The second-order valence-corrected chi connectivity index (χ2v) is 7.68. The Bertz CT molecular complexity index is 836. The van der Waals surface area contributed by atoms with Gasteiger partial charge in [-0.05, 0) is 48.7 Å². The molecule has 0 bridgehead atoms. The van der Waals surface area contributed by atoms with Crippen LogP contribution in [0.25, 0.3) is 0 Å². The lowest BCUT2D eigenvalue weighted by Gasteiger charge is -2.09. The summed E-state index contributed by atoms with van der Waals surface area (Å²) in [5.74, 6) is -0.652. The molecule has 1 amide bonds. The van der Waals surface area contributed by atoms with E-state index in [0.29, 0.717) is 19.5 Å². The highest BCUT2D eigenvalue weighted by Gasteiger charge is 2.15. The van der Waals surface area contributed by atoms with Crippen molar-refractivity contribution in [1.82, 2.24) is 10.0 Å². The maximum Gasteiger partial charge on any atom is 0.251 e. The molecule has 5 nitrogen and oxygen atoms in total. The van der Waals surface area contributed by atoms with Gasteiger partial charge in [0.15, 0.2) is 0 Å². The summed E-state index contributed by atoms with van der Waals surface area (Å²) in [5.41, 5.74) is 1.19. The fourth-order valence-electron chi connectivity index (χ4n) is 2.34. The predicted octanol–water partition coefficient (Wildman–Crippen LogP) is 2.88. The van der Waals surface area contributed by atoms with E-state index < -0.39 is 10.0 Å². The third kappa shape index (κ3) is 5.93. The Morgan fingerprint density at radius 2 is 1.81 bits per heavy atom. The highest BCUT2D eigenvalue weighted by Crippen LogP contribution is 2.12. The molecule has 0 atom stereocenters. The van der Waals surface area contributed by atoms with Crippen LogP contribution in [0.1, 0.15) is 35.7 Å². The Labute approximate surface area is 153 Å². The lowest BCUT2D eigenvalue weighted by molar-refractivity contribution is 0.0954. The minimum atomic E-state index is -3.62. The molecule has 0 unspecified atom stereocenters. The molecule has 7 heteroatoms. The summed E-state index contributed by atoms with van der Waals surface area (Å²) in [5, 5.41) is 2.75. The van der Waals surface area contributed by atoms with Crippen LogP contribution in [0, 0.1) is 5.82 Å². The molecule has 2 aromatic carbocycles. The largest absolute Gasteiger partial charge is 0.352 e. The van der Waals surface area contributed by atoms with Crippen molar-refractivity contribution in [2.45, 2.75) is 31.1 Å². The van der Waals surface area contributed by atoms with Gasteiger partial charge in [-0.15, -0.1) is 0 Å². The van der Waals surface area contributed by atoms with Gasteiger partial charge in [0.1, 0.15) is 5.82 Å². The van der Waals surface area contributed by atoms with E-state index in [4.69, 9.17) is 0 Å². The molecule has 26 heavy (non-hydrogen) atoms. The lowest BCUT2D eigenvalue weighted by atomic mass is 10.1. The summed E-state index contributed by atoms with van der Waals surface area (Å²) in [6.07, 6.45) is 2.20. The number of rotatable bonds is 9.